The lowest BCUT2D eigenvalue weighted by molar-refractivity contribution is -0.160. The minimum Gasteiger partial charge on any atom is -0.387 e. The number of hydrogen-bond donors (Lipinski definition) is 2. The van der Waals surface area contributed by atoms with Crippen LogP contribution in [-0.2, 0) is 18.9 Å². The first-order valence-electron chi connectivity index (χ1n) is 4.71. The van der Waals surface area contributed by atoms with Crippen molar-refractivity contribution < 1.29 is 29.2 Å². The van der Waals surface area contributed by atoms with Crippen molar-refractivity contribution in [2.24, 2.45) is 0 Å². The fourth-order valence-corrected chi connectivity index (χ4v) is 1.70. The molecule has 5 unspecified atom stereocenters. The fourth-order valence-electron chi connectivity index (χ4n) is 1.70. The first-order chi connectivity index (χ1) is 7.15. The second-order valence-corrected chi connectivity index (χ2v) is 3.41. The second kappa shape index (κ2) is 5.74. The fraction of sp³-hybridized carbons (Fsp3) is 1.00. The zero-order valence-electron chi connectivity index (χ0n) is 9.12. The summed E-state index contributed by atoms with van der Waals surface area (Å²) < 4.78 is 20.1. The summed E-state index contributed by atoms with van der Waals surface area (Å²) in [6, 6.07) is 0. The van der Waals surface area contributed by atoms with Gasteiger partial charge in [-0.15, -0.1) is 0 Å². The molecule has 0 spiro atoms. The van der Waals surface area contributed by atoms with Crippen molar-refractivity contribution in [2.45, 2.75) is 30.7 Å². The first-order valence-corrected chi connectivity index (χ1v) is 4.71. The summed E-state index contributed by atoms with van der Waals surface area (Å²) in [5.41, 5.74) is 0. The predicted octanol–water partition coefficient (Wildman–Crippen LogP) is -1.26. The summed E-state index contributed by atoms with van der Waals surface area (Å²) in [6.07, 6.45) is -3.88. The molecular formula is C9H18O6. The standard InChI is InChI=1S/C9H18O6/c1-12-4-5(13-2)7-6(10)8(14-3)9(11)15-7/h5-11H,4H2,1-3H3. The molecule has 0 aromatic carbocycles. The third-order valence-corrected chi connectivity index (χ3v) is 2.52. The number of methoxy groups -OCH3 is 3. The average Bonchev–Trinajstić information content (AvgIpc) is 2.50. The molecule has 6 heteroatoms. The van der Waals surface area contributed by atoms with Crippen LogP contribution in [0.4, 0.5) is 0 Å². The van der Waals surface area contributed by atoms with Gasteiger partial charge in [-0.2, -0.15) is 0 Å². The van der Waals surface area contributed by atoms with Crippen LogP contribution in [0.3, 0.4) is 0 Å². The summed E-state index contributed by atoms with van der Waals surface area (Å²) in [7, 11) is 4.42. The van der Waals surface area contributed by atoms with Crippen LogP contribution in [0.5, 0.6) is 0 Å². The van der Waals surface area contributed by atoms with E-state index in [-0.39, 0.29) is 6.61 Å². The zero-order valence-corrected chi connectivity index (χ0v) is 9.12. The van der Waals surface area contributed by atoms with Gasteiger partial charge in [-0.3, -0.25) is 0 Å². The van der Waals surface area contributed by atoms with E-state index >= 15 is 0 Å². The molecule has 6 nitrogen and oxygen atoms in total. The largest absolute Gasteiger partial charge is 0.387 e. The Hall–Kier alpha value is -0.240. The van der Waals surface area contributed by atoms with Crippen molar-refractivity contribution in [1.29, 1.82) is 0 Å². The Labute approximate surface area is 88.7 Å². The highest BCUT2D eigenvalue weighted by molar-refractivity contribution is 4.91. The summed E-state index contributed by atoms with van der Waals surface area (Å²) >= 11 is 0. The molecule has 0 aromatic heterocycles. The number of aliphatic hydroxyl groups is 2. The minimum atomic E-state index is -1.13. The van der Waals surface area contributed by atoms with Crippen molar-refractivity contribution in [3.63, 3.8) is 0 Å². The van der Waals surface area contributed by atoms with Crippen molar-refractivity contribution in [1.82, 2.24) is 0 Å². The second-order valence-electron chi connectivity index (χ2n) is 3.41. The molecule has 1 rings (SSSR count). The van der Waals surface area contributed by atoms with Gasteiger partial charge in [0.1, 0.15) is 24.4 Å². The molecule has 0 radical (unpaired) electrons. The van der Waals surface area contributed by atoms with Gasteiger partial charge in [-0.25, -0.2) is 0 Å². The van der Waals surface area contributed by atoms with Gasteiger partial charge in [0.15, 0.2) is 6.29 Å². The maximum absolute atomic E-state index is 9.80. The van der Waals surface area contributed by atoms with Crippen LogP contribution in [0.1, 0.15) is 0 Å². The summed E-state index contributed by atoms with van der Waals surface area (Å²) in [5, 5.41) is 19.2. The van der Waals surface area contributed by atoms with E-state index < -0.39 is 30.7 Å². The van der Waals surface area contributed by atoms with E-state index in [1.165, 1.54) is 21.3 Å². The van der Waals surface area contributed by atoms with Gasteiger partial charge < -0.3 is 29.2 Å². The number of hydrogen-bond acceptors (Lipinski definition) is 6. The van der Waals surface area contributed by atoms with E-state index in [4.69, 9.17) is 18.9 Å². The average molecular weight is 222 g/mol. The van der Waals surface area contributed by atoms with Gasteiger partial charge >= 0.3 is 0 Å². The molecule has 0 aromatic rings. The molecule has 0 aliphatic carbocycles. The summed E-state index contributed by atoms with van der Waals surface area (Å²) in [6.45, 7) is 0.279. The van der Waals surface area contributed by atoms with Crippen molar-refractivity contribution >= 4 is 0 Å². The lowest BCUT2D eigenvalue weighted by Crippen LogP contribution is -2.42. The molecule has 0 amide bonds. The van der Waals surface area contributed by atoms with Crippen LogP contribution in [0, 0.1) is 0 Å². The molecule has 5 atom stereocenters. The molecule has 1 aliphatic heterocycles. The highest BCUT2D eigenvalue weighted by atomic mass is 16.7. The quantitative estimate of drug-likeness (QED) is 0.604. The number of rotatable bonds is 5. The van der Waals surface area contributed by atoms with Gasteiger partial charge in [0, 0.05) is 21.3 Å². The molecule has 1 aliphatic rings. The molecule has 1 fully saturated rings. The van der Waals surface area contributed by atoms with E-state index in [1.54, 1.807) is 0 Å². The lowest BCUT2D eigenvalue weighted by atomic mass is 10.1. The minimum absolute atomic E-state index is 0.279. The van der Waals surface area contributed by atoms with E-state index in [1.807, 2.05) is 0 Å². The Bertz CT molecular complexity index is 185. The Kier molecular flexibility index (Phi) is 4.91. The van der Waals surface area contributed by atoms with Crippen LogP contribution < -0.4 is 0 Å². The van der Waals surface area contributed by atoms with Gasteiger partial charge in [0.05, 0.1) is 6.61 Å². The van der Waals surface area contributed by atoms with Crippen LogP contribution in [0.25, 0.3) is 0 Å². The van der Waals surface area contributed by atoms with Crippen LogP contribution in [0.2, 0.25) is 0 Å². The van der Waals surface area contributed by atoms with E-state index in [2.05, 4.69) is 0 Å². The highest BCUT2D eigenvalue weighted by Crippen LogP contribution is 2.25. The van der Waals surface area contributed by atoms with Gasteiger partial charge in [-0.1, -0.05) is 0 Å². The lowest BCUT2D eigenvalue weighted by Gasteiger charge is -2.23. The third-order valence-electron chi connectivity index (χ3n) is 2.52. The van der Waals surface area contributed by atoms with Crippen LogP contribution in [-0.4, -0.2) is 68.9 Å². The third kappa shape index (κ3) is 2.66. The summed E-state index contributed by atoms with van der Waals surface area (Å²) in [4.78, 5) is 0. The first kappa shape index (κ1) is 12.8. The normalized spacial score (nSPS) is 38.2. The van der Waals surface area contributed by atoms with Crippen LogP contribution in [0.15, 0.2) is 0 Å². The number of aliphatic hydroxyl groups excluding tert-OH is 2. The molecule has 1 heterocycles. The van der Waals surface area contributed by atoms with Gasteiger partial charge in [0.2, 0.25) is 0 Å². The highest BCUT2D eigenvalue weighted by Gasteiger charge is 2.46. The van der Waals surface area contributed by atoms with E-state index in [0.29, 0.717) is 0 Å². The molecular weight excluding hydrogens is 204 g/mol. The SMILES string of the molecule is COCC(OC)C1OC(O)C(OC)C1O. The smallest absolute Gasteiger partial charge is 0.184 e. The van der Waals surface area contributed by atoms with Crippen molar-refractivity contribution in [2.75, 3.05) is 27.9 Å². The molecule has 90 valence electrons. The zero-order chi connectivity index (χ0) is 11.4. The predicted molar refractivity (Wildman–Crippen MR) is 50.4 cm³/mol. The molecule has 2 N–H and O–H groups in total. The van der Waals surface area contributed by atoms with Crippen molar-refractivity contribution in [3.05, 3.63) is 0 Å². The summed E-state index contributed by atoms with van der Waals surface area (Å²) in [5.74, 6) is 0. The van der Waals surface area contributed by atoms with Crippen LogP contribution >= 0.6 is 0 Å². The topological polar surface area (TPSA) is 77.4 Å². The Morgan fingerprint density at radius 2 is 1.93 bits per heavy atom. The van der Waals surface area contributed by atoms with Gasteiger partial charge in [0.25, 0.3) is 0 Å². The molecule has 0 bridgehead atoms. The van der Waals surface area contributed by atoms with Gasteiger partial charge in [-0.05, 0) is 0 Å². The molecule has 15 heavy (non-hydrogen) atoms. The maximum atomic E-state index is 9.80. The van der Waals surface area contributed by atoms with Crippen molar-refractivity contribution in [3.8, 4) is 0 Å². The molecule has 1 saturated heterocycles. The Balaban J connectivity index is 2.62. The van der Waals surface area contributed by atoms with E-state index in [0.717, 1.165) is 0 Å². The Morgan fingerprint density at radius 3 is 2.33 bits per heavy atom. The van der Waals surface area contributed by atoms with E-state index in [9.17, 15) is 10.2 Å². The monoisotopic (exact) mass is 222 g/mol. The molecule has 0 saturated carbocycles. The maximum Gasteiger partial charge on any atom is 0.184 e. The number of ether oxygens (including phenoxy) is 4. The Morgan fingerprint density at radius 1 is 1.27 bits per heavy atom.